The number of nitrogens with one attached hydrogen (secondary N) is 1. The predicted molar refractivity (Wildman–Crippen MR) is 115 cm³/mol. The quantitative estimate of drug-likeness (QED) is 0.489. The molecular formula is C22H24N6O3. The topological polar surface area (TPSA) is 108 Å². The summed E-state index contributed by atoms with van der Waals surface area (Å²) in [5.41, 5.74) is 4.08. The van der Waals surface area contributed by atoms with Crippen LogP contribution in [0.15, 0.2) is 46.1 Å². The van der Waals surface area contributed by atoms with Gasteiger partial charge in [0.25, 0.3) is 5.56 Å². The molecule has 0 saturated heterocycles. The number of aryl methyl sites for hydroxylation is 3. The van der Waals surface area contributed by atoms with Crippen LogP contribution in [0, 0.1) is 20.8 Å². The minimum atomic E-state index is -0.137. The first kappa shape index (κ1) is 20.5. The Balaban J connectivity index is 1.42. The Hall–Kier alpha value is -3.75. The Morgan fingerprint density at radius 1 is 1.19 bits per heavy atom. The molecule has 1 aromatic carbocycles. The number of aromatic nitrogens is 5. The molecular weight excluding hydrogens is 396 g/mol. The highest BCUT2D eigenvalue weighted by Gasteiger charge is 2.14. The summed E-state index contributed by atoms with van der Waals surface area (Å²) in [6.45, 7) is 6.85. The van der Waals surface area contributed by atoms with Crippen molar-refractivity contribution in [3.63, 3.8) is 0 Å². The average Bonchev–Trinajstić information content (AvgIpc) is 3.30. The molecule has 0 radical (unpaired) electrons. The van der Waals surface area contributed by atoms with E-state index in [1.807, 2.05) is 38.1 Å². The first-order valence-corrected chi connectivity index (χ1v) is 10.1. The number of fused-ring (bicyclic) bond motifs is 1. The highest BCUT2D eigenvalue weighted by Crippen LogP contribution is 2.13. The van der Waals surface area contributed by atoms with Crippen LogP contribution in [0.1, 0.15) is 28.1 Å². The van der Waals surface area contributed by atoms with Gasteiger partial charge in [0, 0.05) is 12.1 Å². The van der Waals surface area contributed by atoms with Crippen molar-refractivity contribution in [2.24, 2.45) is 0 Å². The van der Waals surface area contributed by atoms with Gasteiger partial charge in [0.05, 0.1) is 31.4 Å². The summed E-state index contributed by atoms with van der Waals surface area (Å²) >= 11 is 0. The third-order valence-electron chi connectivity index (χ3n) is 5.39. The molecule has 0 spiro atoms. The van der Waals surface area contributed by atoms with Gasteiger partial charge in [-0.05, 0) is 31.9 Å². The van der Waals surface area contributed by atoms with Crippen LogP contribution in [0.3, 0.4) is 0 Å². The van der Waals surface area contributed by atoms with E-state index < -0.39 is 0 Å². The van der Waals surface area contributed by atoms with Crippen LogP contribution in [0.25, 0.3) is 11.0 Å². The molecule has 1 amide bonds. The number of hydrogen-bond donors (Lipinski definition) is 1. The van der Waals surface area contributed by atoms with Crippen LogP contribution in [0.5, 0.6) is 0 Å². The van der Waals surface area contributed by atoms with Crippen molar-refractivity contribution in [2.75, 3.05) is 6.54 Å². The summed E-state index contributed by atoms with van der Waals surface area (Å²) < 4.78 is 8.30. The summed E-state index contributed by atoms with van der Waals surface area (Å²) in [5, 5.41) is 11.5. The molecule has 0 atom stereocenters. The van der Waals surface area contributed by atoms with Crippen LogP contribution in [-0.4, -0.2) is 36.9 Å². The Labute approximate surface area is 178 Å². The van der Waals surface area contributed by atoms with Crippen LogP contribution in [-0.2, 0) is 24.3 Å². The summed E-state index contributed by atoms with van der Waals surface area (Å²) in [5.74, 6) is 0.524. The third kappa shape index (κ3) is 4.25. The Bertz CT molecular complexity index is 1280. The van der Waals surface area contributed by atoms with Crippen molar-refractivity contribution < 1.29 is 9.32 Å². The molecule has 0 aliphatic carbocycles. The number of amides is 1. The number of benzene rings is 1. The van der Waals surface area contributed by atoms with E-state index in [2.05, 4.69) is 20.6 Å². The largest absolute Gasteiger partial charge is 0.361 e. The van der Waals surface area contributed by atoms with E-state index >= 15 is 0 Å². The normalized spacial score (nSPS) is 11.2. The first-order valence-electron chi connectivity index (χ1n) is 10.1. The van der Waals surface area contributed by atoms with Gasteiger partial charge >= 0.3 is 0 Å². The van der Waals surface area contributed by atoms with Gasteiger partial charge in [-0.15, -0.1) is 0 Å². The van der Waals surface area contributed by atoms with E-state index in [0.717, 1.165) is 22.4 Å². The number of nitrogens with zero attached hydrogens (tertiary/aromatic N) is 5. The fourth-order valence-corrected chi connectivity index (χ4v) is 3.52. The van der Waals surface area contributed by atoms with Gasteiger partial charge in [0.2, 0.25) is 5.91 Å². The Kier molecular flexibility index (Phi) is 5.66. The van der Waals surface area contributed by atoms with E-state index in [-0.39, 0.29) is 17.9 Å². The zero-order chi connectivity index (χ0) is 22.0. The van der Waals surface area contributed by atoms with Gasteiger partial charge in [-0.3, -0.25) is 14.2 Å². The minimum Gasteiger partial charge on any atom is -0.361 e. The summed E-state index contributed by atoms with van der Waals surface area (Å²) in [7, 11) is 0. The lowest BCUT2D eigenvalue weighted by Gasteiger charge is -2.09. The molecule has 3 aromatic heterocycles. The molecule has 9 nitrogen and oxygen atoms in total. The molecule has 0 unspecified atom stereocenters. The number of rotatable bonds is 7. The monoisotopic (exact) mass is 420 g/mol. The second-order valence-electron chi connectivity index (χ2n) is 7.54. The van der Waals surface area contributed by atoms with Crippen LogP contribution >= 0.6 is 0 Å². The zero-order valence-corrected chi connectivity index (χ0v) is 17.8. The van der Waals surface area contributed by atoms with Crippen molar-refractivity contribution in [1.82, 2.24) is 29.8 Å². The molecule has 4 rings (SSSR count). The molecule has 3 heterocycles. The van der Waals surface area contributed by atoms with Gasteiger partial charge in [-0.1, -0.05) is 29.4 Å². The highest BCUT2D eigenvalue weighted by molar-refractivity contribution is 5.79. The van der Waals surface area contributed by atoms with Crippen molar-refractivity contribution in [2.45, 2.75) is 40.3 Å². The molecule has 0 saturated carbocycles. The average molecular weight is 420 g/mol. The fourth-order valence-electron chi connectivity index (χ4n) is 3.52. The summed E-state index contributed by atoms with van der Waals surface area (Å²) in [6.07, 6.45) is 3.29. The van der Waals surface area contributed by atoms with Gasteiger partial charge in [-0.2, -0.15) is 5.10 Å². The minimum absolute atomic E-state index is 0.126. The maximum atomic E-state index is 12.9. The smallest absolute Gasteiger partial charge is 0.264 e. The maximum Gasteiger partial charge on any atom is 0.264 e. The maximum absolute atomic E-state index is 12.9. The Morgan fingerprint density at radius 3 is 2.74 bits per heavy atom. The van der Waals surface area contributed by atoms with E-state index in [1.165, 1.54) is 6.20 Å². The second-order valence-corrected chi connectivity index (χ2v) is 7.54. The number of hydrogen-bond acceptors (Lipinski definition) is 6. The molecule has 0 bridgehead atoms. The van der Waals surface area contributed by atoms with Crippen molar-refractivity contribution in [3.8, 4) is 0 Å². The van der Waals surface area contributed by atoms with Gasteiger partial charge < -0.3 is 9.84 Å². The second kappa shape index (κ2) is 8.55. The first-order chi connectivity index (χ1) is 14.9. The van der Waals surface area contributed by atoms with E-state index in [1.54, 1.807) is 22.5 Å². The molecule has 9 heteroatoms. The van der Waals surface area contributed by atoms with Crippen molar-refractivity contribution in [3.05, 3.63) is 75.3 Å². The molecule has 4 aromatic rings. The van der Waals surface area contributed by atoms with Crippen molar-refractivity contribution in [1.29, 1.82) is 0 Å². The highest BCUT2D eigenvalue weighted by atomic mass is 16.5. The van der Waals surface area contributed by atoms with E-state index in [0.29, 0.717) is 36.4 Å². The number of carbonyl (C=O) groups is 1. The van der Waals surface area contributed by atoms with Gasteiger partial charge in [-0.25, -0.2) is 9.67 Å². The van der Waals surface area contributed by atoms with Crippen LogP contribution in [0.4, 0.5) is 0 Å². The molecule has 0 fully saturated rings. The summed E-state index contributed by atoms with van der Waals surface area (Å²) in [4.78, 5) is 29.5. The molecule has 1 N–H and O–H groups in total. The van der Waals surface area contributed by atoms with Gasteiger partial charge in [0.1, 0.15) is 17.5 Å². The van der Waals surface area contributed by atoms with E-state index in [9.17, 15) is 9.59 Å². The molecule has 31 heavy (non-hydrogen) atoms. The number of carbonyl (C=O) groups excluding carboxylic acids is 1. The Morgan fingerprint density at radius 2 is 2.00 bits per heavy atom. The van der Waals surface area contributed by atoms with Crippen LogP contribution in [0.2, 0.25) is 0 Å². The predicted octanol–water partition coefficient (Wildman–Crippen LogP) is 1.91. The molecule has 0 aliphatic rings. The van der Waals surface area contributed by atoms with Crippen LogP contribution < -0.4 is 10.9 Å². The molecule has 0 aliphatic heterocycles. The standard InChI is InChI=1S/C22H24N6O3/c1-14-6-4-5-7-17(14)12-27-13-24-21-19(22(27)30)11-25-28(21)9-8-23-20(29)10-18-15(2)26-31-16(18)3/h4-7,11,13H,8-10,12H2,1-3H3,(H,23,29). The lowest BCUT2D eigenvalue weighted by molar-refractivity contribution is -0.120. The molecule has 160 valence electrons. The third-order valence-corrected chi connectivity index (χ3v) is 5.39. The zero-order valence-electron chi connectivity index (χ0n) is 17.8. The fraction of sp³-hybridized carbons (Fsp3) is 0.318. The van der Waals surface area contributed by atoms with Crippen molar-refractivity contribution >= 4 is 16.9 Å². The lowest BCUT2D eigenvalue weighted by Crippen LogP contribution is -2.29. The van der Waals surface area contributed by atoms with E-state index in [4.69, 9.17) is 4.52 Å². The lowest BCUT2D eigenvalue weighted by atomic mass is 10.1. The SMILES string of the molecule is Cc1ccccc1Cn1cnc2c(cnn2CCNC(=O)Cc2c(C)noc2C)c1=O. The summed E-state index contributed by atoms with van der Waals surface area (Å²) in [6, 6.07) is 7.95. The van der Waals surface area contributed by atoms with Gasteiger partial charge in [0.15, 0.2) is 5.65 Å².